The molecule has 25 heavy (non-hydrogen) atoms. The lowest BCUT2D eigenvalue weighted by atomic mass is 9.85. The molecule has 0 aliphatic rings. The lowest BCUT2D eigenvalue weighted by molar-refractivity contribution is -0.139. The van der Waals surface area contributed by atoms with Gasteiger partial charge in [-0.3, -0.25) is 9.59 Å². The van der Waals surface area contributed by atoms with Gasteiger partial charge in [-0.15, -0.1) is 0 Å². The van der Waals surface area contributed by atoms with Gasteiger partial charge in [-0.25, -0.2) is 4.98 Å². The Morgan fingerprint density at radius 1 is 1.32 bits per heavy atom. The van der Waals surface area contributed by atoms with Crippen molar-refractivity contribution >= 4 is 23.5 Å². The molecule has 0 spiro atoms. The summed E-state index contributed by atoms with van der Waals surface area (Å²) in [7, 11) is 0. The molecule has 0 fully saturated rings. The summed E-state index contributed by atoms with van der Waals surface area (Å²) in [5.41, 5.74) is 0.406. The van der Waals surface area contributed by atoms with Crippen LogP contribution < -0.4 is 5.32 Å². The Morgan fingerprint density at radius 3 is 2.52 bits per heavy atom. The fraction of sp³-hybridized carbons (Fsp3) is 0.389. The second-order valence-electron chi connectivity index (χ2n) is 6.52. The van der Waals surface area contributed by atoms with E-state index in [9.17, 15) is 9.59 Å². The number of oxazole rings is 1. The fourth-order valence-electron chi connectivity index (χ4n) is 2.35. The smallest absolute Gasteiger partial charge is 0.305 e. The highest BCUT2D eigenvalue weighted by Crippen LogP contribution is 2.23. The molecule has 0 radical (unpaired) electrons. The average molecular weight is 365 g/mol. The van der Waals surface area contributed by atoms with Gasteiger partial charge in [-0.1, -0.05) is 25.4 Å². The fourth-order valence-corrected chi connectivity index (χ4v) is 2.47. The van der Waals surface area contributed by atoms with Crippen LogP contribution in [0.25, 0.3) is 11.5 Å². The van der Waals surface area contributed by atoms with Crippen LogP contribution in [0.5, 0.6) is 0 Å². The van der Waals surface area contributed by atoms with E-state index in [2.05, 4.69) is 10.3 Å². The first-order chi connectivity index (χ1) is 11.7. The highest BCUT2D eigenvalue weighted by molar-refractivity contribution is 6.30. The molecule has 1 amide bonds. The lowest BCUT2D eigenvalue weighted by Gasteiger charge is -2.33. The number of carboxylic acids is 1. The van der Waals surface area contributed by atoms with Crippen LogP contribution in [0.2, 0.25) is 5.02 Å². The van der Waals surface area contributed by atoms with Gasteiger partial charge >= 0.3 is 5.97 Å². The van der Waals surface area contributed by atoms with Crippen molar-refractivity contribution in [3.05, 3.63) is 41.2 Å². The minimum atomic E-state index is -0.956. The van der Waals surface area contributed by atoms with E-state index >= 15 is 0 Å². The molecule has 2 rings (SSSR count). The molecule has 1 aromatic heterocycles. The molecule has 1 aromatic carbocycles. The minimum Gasteiger partial charge on any atom is -0.481 e. The Kier molecular flexibility index (Phi) is 5.85. The lowest BCUT2D eigenvalue weighted by Crippen LogP contribution is -2.51. The van der Waals surface area contributed by atoms with Gasteiger partial charge in [0.1, 0.15) is 6.26 Å². The second kappa shape index (κ2) is 7.70. The van der Waals surface area contributed by atoms with Gasteiger partial charge in [0.25, 0.3) is 0 Å². The summed E-state index contributed by atoms with van der Waals surface area (Å²) >= 11 is 5.85. The first-order valence-electron chi connectivity index (χ1n) is 7.93. The van der Waals surface area contributed by atoms with Crippen LogP contribution in [0.15, 0.2) is 34.9 Å². The first kappa shape index (κ1) is 19.0. The molecule has 0 aliphatic carbocycles. The van der Waals surface area contributed by atoms with E-state index in [4.69, 9.17) is 21.1 Å². The summed E-state index contributed by atoms with van der Waals surface area (Å²) in [4.78, 5) is 27.7. The molecular formula is C18H21ClN2O4. The van der Waals surface area contributed by atoms with E-state index in [0.29, 0.717) is 16.6 Å². The molecule has 6 nitrogen and oxygen atoms in total. The number of rotatable bonds is 7. The maximum atomic E-state index is 12.3. The molecule has 1 atom stereocenters. The Balaban J connectivity index is 2.05. The first-order valence-corrected chi connectivity index (χ1v) is 8.30. The summed E-state index contributed by atoms with van der Waals surface area (Å²) in [5.74, 6) is -0.887. The number of aromatic nitrogens is 1. The molecule has 1 unspecified atom stereocenters. The number of nitrogens with one attached hydrogen (secondary N) is 1. The van der Waals surface area contributed by atoms with Gasteiger partial charge in [-0.2, -0.15) is 0 Å². The second-order valence-corrected chi connectivity index (χ2v) is 6.95. The number of halogens is 1. The Bertz CT molecular complexity index is 755. The number of carbonyl (C=O) groups excluding carboxylic acids is 1. The van der Waals surface area contributed by atoms with Crippen molar-refractivity contribution in [2.75, 3.05) is 0 Å². The topological polar surface area (TPSA) is 92.4 Å². The zero-order chi connectivity index (χ0) is 18.6. The van der Waals surface area contributed by atoms with Crippen LogP contribution >= 0.6 is 11.6 Å². The van der Waals surface area contributed by atoms with E-state index in [0.717, 1.165) is 5.56 Å². The van der Waals surface area contributed by atoms with Crippen LogP contribution in [0.1, 0.15) is 32.9 Å². The largest absolute Gasteiger partial charge is 0.481 e. The zero-order valence-electron chi connectivity index (χ0n) is 14.4. The highest BCUT2D eigenvalue weighted by atomic mass is 35.5. The molecule has 2 N–H and O–H groups in total. The van der Waals surface area contributed by atoms with E-state index < -0.39 is 11.5 Å². The number of benzene rings is 1. The van der Waals surface area contributed by atoms with Gasteiger partial charge < -0.3 is 14.8 Å². The number of hydrogen-bond donors (Lipinski definition) is 2. The number of amides is 1. The average Bonchev–Trinajstić information content (AvgIpc) is 2.95. The maximum Gasteiger partial charge on any atom is 0.305 e. The van der Waals surface area contributed by atoms with Gasteiger partial charge in [0.2, 0.25) is 11.8 Å². The number of carbonyl (C=O) groups is 2. The zero-order valence-corrected chi connectivity index (χ0v) is 15.1. The SMILES string of the molecule is CC(C)C(C)(CC(=O)O)NC(=O)Cc1coc(-c2ccc(Cl)cc2)n1. The molecule has 0 saturated heterocycles. The molecule has 0 aliphatic heterocycles. The van der Waals surface area contributed by atoms with Crippen molar-refractivity contribution in [1.82, 2.24) is 10.3 Å². The van der Waals surface area contributed by atoms with Crippen molar-refractivity contribution in [2.24, 2.45) is 5.92 Å². The molecular weight excluding hydrogens is 344 g/mol. The molecule has 134 valence electrons. The predicted octanol–water partition coefficient (Wildman–Crippen LogP) is 3.54. The summed E-state index contributed by atoms with van der Waals surface area (Å²) in [6, 6.07) is 7.02. The van der Waals surface area contributed by atoms with Crippen molar-refractivity contribution in [3.8, 4) is 11.5 Å². The molecule has 0 saturated carbocycles. The molecule has 0 bridgehead atoms. The van der Waals surface area contributed by atoms with E-state index in [1.807, 2.05) is 13.8 Å². The summed E-state index contributed by atoms with van der Waals surface area (Å²) < 4.78 is 5.41. The van der Waals surface area contributed by atoms with E-state index in [1.165, 1.54) is 6.26 Å². The third-order valence-electron chi connectivity index (χ3n) is 4.20. The maximum absolute atomic E-state index is 12.3. The minimum absolute atomic E-state index is 0.0129. The van der Waals surface area contributed by atoms with Crippen molar-refractivity contribution in [3.63, 3.8) is 0 Å². The molecule has 7 heteroatoms. The number of aliphatic carboxylic acids is 1. The Hall–Kier alpha value is -2.34. The van der Waals surface area contributed by atoms with E-state index in [-0.39, 0.29) is 24.7 Å². The van der Waals surface area contributed by atoms with Gasteiger partial charge in [-0.05, 0) is 37.1 Å². The van der Waals surface area contributed by atoms with Crippen LogP contribution in [0.3, 0.4) is 0 Å². The number of carboxylic acid groups (broad SMARTS) is 1. The number of nitrogens with zero attached hydrogens (tertiary/aromatic N) is 1. The van der Waals surface area contributed by atoms with Crippen molar-refractivity contribution in [1.29, 1.82) is 0 Å². The quantitative estimate of drug-likeness (QED) is 0.783. The highest BCUT2D eigenvalue weighted by Gasteiger charge is 2.32. The van der Waals surface area contributed by atoms with Gasteiger partial charge in [0.15, 0.2) is 0 Å². The third kappa shape index (κ3) is 5.06. The summed E-state index contributed by atoms with van der Waals surface area (Å²) in [5, 5.41) is 12.5. The number of hydrogen-bond acceptors (Lipinski definition) is 4. The van der Waals surface area contributed by atoms with Crippen LogP contribution in [0.4, 0.5) is 0 Å². The Morgan fingerprint density at radius 2 is 1.96 bits per heavy atom. The van der Waals surface area contributed by atoms with Crippen LogP contribution in [-0.4, -0.2) is 27.5 Å². The van der Waals surface area contributed by atoms with Crippen LogP contribution in [0, 0.1) is 5.92 Å². The predicted molar refractivity (Wildman–Crippen MR) is 94.3 cm³/mol. The van der Waals surface area contributed by atoms with E-state index in [1.54, 1.807) is 31.2 Å². The third-order valence-corrected chi connectivity index (χ3v) is 4.45. The molecule has 2 aromatic rings. The summed E-state index contributed by atoms with van der Waals surface area (Å²) in [6.45, 7) is 5.47. The standard InChI is InChI=1S/C18H21ClN2O4/c1-11(2)18(3,9-16(23)24)21-15(22)8-14-10-25-17(20-14)12-4-6-13(19)7-5-12/h4-7,10-11H,8-9H2,1-3H3,(H,21,22)(H,23,24). The van der Waals surface area contributed by atoms with Crippen LogP contribution in [-0.2, 0) is 16.0 Å². The van der Waals surface area contributed by atoms with Gasteiger partial charge in [0.05, 0.1) is 18.5 Å². The van der Waals surface area contributed by atoms with Crippen molar-refractivity contribution < 1.29 is 19.1 Å². The molecule has 1 heterocycles. The monoisotopic (exact) mass is 364 g/mol. The summed E-state index contributed by atoms with van der Waals surface area (Å²) in [6.07, 6.45) is 1.29. The van der Waals surface area contributed by atoms with Crippen molar-refractivity contribution in [2.45, 2.75) is 39.2 Å². The van der Waals surface area contributed by atoms with Gasteiger partial charge in [0, 0.05) is 16.1 Å². The normalized spacial score (nSPS) is 13.5. The Labute approximate surface area is 151 Å².